The van der Waals surface area contributed by atoms with E-state index in [9.17, 15) is 9.59 Å². The molecule has 6 heteroatoms. The maximum Gasteiger partial charge on any atom is 0.250 e. The third kappa shape index (κ3) is 5.28. The fraction of sp³-hybridized carbons (Fsp3) is 0.385. The number of primary amides is 1. The SMILES string of the molecule is CC(C)(C)NCC(=O)Nc1ccc(C(N)=O)c(Cl)c1. The Morgan fingerprint density at radius 2 is 1.95 bits per heavy atom. The fourth-order valence-electron chi connectivity index (χ4n) is 1.34. The number of hydrogen-bond donors (Lipinski definition) is 3. The first-order chi connectivity index (χ1) is 8.69. The molecule has 5 nitrogen and oxygen atoms in total. The maximum atomic E-state index is 11.7. The van der Waals surface area contributed by atoms with Gasteiger partial charge >= 0.3 is 0 Å². The normalized spacial score (nSPS) is 11.2. The summed E-state index contributed by atoms with van der Waals surface area (Å²) in [5.74, 6) is -0.782. The van der Waals surface area contributed by atoms with Gasteiger partial charge in [0.1, 0.15) is 0 Å². The van der Waals surface area contributed by atoms with Gasteiger partial charge in [0.05, 0.1) is 17.1 Å². The van der Waals surface area contributed by atoms with E-state index in [0.29, 0.717) is 5.69 Å². The Hall–Kier alpha value is -1.59. The lowest BCUT2D eigenvalue weighted by atomic mass is 10.1. The number of nitrogens with one attached hydrogen (secondary N) is 2. The molecule has 2 amide bonds. The van der Waals surface area contributed by atoms with E-state index in [4.69, 9.17) is 17.3 Å². The van der Waals surface area contributed by atoms with Crippen LogP contribution in [0.2, 0.25) is 5.02 Å². The first-order valence-corrected chi connectivity index (χ1v) is 6.21. The molecule has 1 aromatic carbocycles. The van der Waals surface area contributed by atoms with E-state index >= 15 is 0 Å². The zero-order valence-electron chi connectivity index (χ0n) is 11.2. The number of benzene rings is 1. The van der Waals surface area contributed by atoms with Gasteiger partial charge in [0.2, 0.25) is 11.8 Å². The van der Waals surface area contributed by atoms with Crippen LogP contribution in [0, 0.1) is 0 Å². The standard InChI is InChI=1S/C13H18ClN3O2/c1-13(2,3)16-7-11(18)17-8-4-5-9(12(15)19)10(14)6-8/h4-6,16H,7H2,1-3H3,(H2,15,19)(H,17,18). The number of nitrogens with two attached hydrogens (primary N) is 1. The monoisotopic (exact) mass is 283 g/mol. The van der Waals surface area contributed by atoms with Gasteiger partial charge in [-0.25, -0.2) is 0 Å². The zero-order valence-corrected chi connectivity index (χ0v) is 12.0. The third-order valence-corrected chi connectivity index (χ3v) is 2.61. The number of halogens is 1. The number of rotatable bonds is 4. The van der Waals surface area contributed by atoms with Gasteiger partial charge in [-0.3, -0.25) is 9.59 Å². The largest absolute Gasteiger partial charge is 0.366 e. The number of carbonyl (C=O) groups is 2. The Bertz CT molecular complexity index is 495. The molecule has 0 unspecified atom stereocenters. The van der Waals surface area contributed by atoms with Crippen molar-refractivity contribution in [1.82, 2.24) is 5.32 Å². The highest BCUT2D eigenvalue weighted by Gasteiger charge is 2.12. The second kappa shape index (κ2) is 6.04. The molecule has 1 aromatic rings. The van der Waals surface area contributed by atoms with Crippen LogP contribution in [0.5, 0.6) is 0 Å². The molecule has 0 radical (unpaired) electrons. The lowest BCUT2D eigenvalue weighted by Gasteiger charge is -2.20. The number of carbonyl (C=O) groups excluding carboxylic acids is 2. The van der Waals surface area contributed by atoms with Gasteiger partial charge in [-0.05, 0) is 39.0 Å². The summed E-state index contributed by atoms with van der Waals surface area (Å²) in [7, 11) is 0. The van der Waals surface area contributed by atoms with Crippen LogP contribution in [0.25, 0.3) is 0 Å². The Morgan fingerprint density at radius 1 is 1.32 bits per heavy atom. The lowest BCUT2D eigenvalue weighted by molar-refractivity contribution is -0.115. The lowest BCUT2D eigenvalue weighted by Crippen LogP contribution is -2.41. The summed E-state index contributed by atoms with van der Waals surface area (Å²) in [4.78, 5) is 22.7. The fourth-order valence-corrected chi connectivity index (χ4v) is 1.62. The zero-order chi connectivity index (χ0) is 14.6. The smallest absolute Gasteiger partial charge is 0.250 e. The minimum Gasteiger partial charge on any atom is -0.366 e. The second-order valence-electron chi connectivity index (χ2n) is 5.21. The van der Waals surface area contributed by atoms with Crippen molar-refractivity contribution < 1.29 is 9.59 Å². The first-order valence-electron chi connectivity index (χ1n) is 5.83. The van der Waals surface area contributed by atoms with Crippen molar-refractivity contribution >= 4 is 29.1 Å². The Kier molecular flexibility index (Phi) is 4.91. The van der Waals surface area contributed by atoms with Gasteiger partial charge in [0.15, 0.2) is 0 Å². The van der Waals surface area contributed by atoms with Gasteiger partial charge in [0.25, 0.3) is 0 Å². The first kappa shape index (κ1) is 15.5. The quantitative estimate of drug-likeness (QED) is 0.787. The summed E-state index contributed by atoms with van der Waals surface area (Å²) < 4.78 is 0. The average molecular weight is 284 g/mol. The molecule has 0 aliphatic heterocycles. The van der Waals surface area contributed by atoms with Crippen LogP contribution in [0.4, 0.5) is 5.69 Å². The Morgan fingerprint density at radius 3 is 2.42 bits per heavy atom. The topological polar surface area (TPSA) is 84.2 Å². The van der Waals surface area contributed by atoms with Gasteiger partial charge in [-0.15, -0.1) is 0 Å². The van der Waals surface area contributed by atoms with Crippen molar-refractivity contribution in [2.75, 3.05) is 11.9 Å². The summed E-state index contributed by atoms with van der Waals surface area (Å²) in [5, 5.41) is 5.97. The summed E-state index contributed by atoms with van der Waals surface area (Å²) >= 11 is 5.89. The van der Waals surface area contributed by atoms with E-state index in [1.165, 1.54) is 12.1 Å². The molecular weight excluding hydrogens is 266 g/mol. The molecule has 0 saturated heterocycles. The van der Waals surface area contributed by atoms with Crippen LogP contribution in [0.1, 0.15) is 31.1 Å². The van der Waals surface area contributed by atoms with Crippen LogP contribution in [0.15, 0.2) is 18.2 Å². The third-order valence-electron chi connectivity index (χ3n) is 2.30. The minimum absolute atomic E-state index is 0.134. The van der Waals surface area contributed by atoms with Gasteiger partial charge in [-0.1, -0.05) is 11.6 Å². The molecule has 0 bridgehead atoms. The molecule has 19 heavy (non-hydrogen) atoms. The van der Waals surface area contributed by atoms with Gasteiger partial charge in [-0.2, -0.15) is 0 Å². The van der Waals surface area contributed by atoms with Crippen LogP contribution >= 0.6 is 11.6 Å². The van der Waals surface area contributed by atoms with E-state index in [-0.39, 0.29) is 28.6 Å². The summed E-state index contributed by atoms with van der Waals surface area (Å²) in [6, 6.07) is 4.56. The van der Waals surface area contributed by atoms with Crippen LogP contribution in [-0.4, -0.2) is 23.9 Å². The highest BCUT2D eigenvalue weighted by molar-refractivity contribution is 6.34. The molecule has 0 aromatic heterocycles. The van der Waals surface area contributed by atoms with Gasteiger partial charge in [0, 0.05) is 11.2 Å². The molecule has 1 rings (SSSR count). The minimum atomic E-state index is -0.600. The van der Waals surface area contributed by atoms with Crippen molar-refractivity contribution in [2.24, 2.45) is 5.73 Å². The molecule has 0 spiro atoms. The molecule has 0 heterocycles. The van der Waals surface area contributed by atoms with Crippen molar-refractivity contribution in [3.05, 3.63) is 28.8 Å². The van der Waals surface area contributed by atoms with Crippen molar-refractivity contribution in [3.8, 4) is 0 Å². The van der Waals surface area contributed by atoms with E-state index < -0.39 is 5.91 Å². The molecule has 0 saturated carbocycles. The van der Waals surface area contributed by atoms with E-state index in [0.717, 1.165) is 0 Å². The van der Waals surface area contributed by atoms with Crippen LogP contribution < -0.4 is 16.4 Å². The highest BCUT2D eigenvalue weighted by atomic mass is 35.5. The maximum absolute atomic E-state index is 11.7. The van der Waals surface area contributed by atoms with Crippen molar-refractivity contribution in [1.29, 1.82) is 0 Å². The predicted molar refractivity (Wildman–Crippen MR) is 76.4 cm³/mol. The molecule has 4 N–H and O–H groups in total. The van der Waals surface area contributed by atoms with E-state index in [2.05, 4.69) is 10.6 Å². The molecular formula is C13H18ClN3O2. The van der Waals surface area contributed by atoms with Crippen molar-refractivity contribution in [2.45, 2.75) is 26.3 Å². The van der Waals surface area contributed by atoms with E-state index in [1.807, 2.05) is 20.8 Å². The molecule has 104 valence electrons. The number of anilines is 1. The molecule has 0 atom stereocenters. The number of amides is 2. The number of hydrogen-bond acceptors (Lipinski definition) is 3. The van der Waals surface area contributed by atoms with Crippen LogP contribution in [0.3, 0.4) is 0 Å². The second-order valence-corrected chi connectivity index (χ2v) is 5.62. The summed E-state index contributed by atoms with van der Waals surface area (Å²) in [6.45, 7) is 6.11. The van der Waals surface area contributed by atoms with Crippen molar-refractivity contribution in [3.63, 3.8) is 0 Å². The molecule has 0 aliphatic rings. The summed E-state index contributed by atoms with van der Waals surface area (Å²) in [5.41, 5.74) is 5.76. The van der Waals surface area contributed by atoms with E-state index in [1.54, 1.807) is 6.07 Å². The van der Waals surface area contributed by atoms with Gasteiger partial charge < -0.3 is 16.4 Å². The van der Waals surface area contributed by atoms with Crippen LogP contribution in [-0.2, 0) is 4.79 Å². The predicted octanol–water partition coefficient (Wildman–Crippen LogP) is 1.77. The molecule has 0 fully saturated rings. The Balaban J connectivity index is 2.65. The summed E-state index contributed by atoms with van der Waals surface area (Å²) in [6.07, 6.45) is 0. The highest BCUT2D eigenvalue weighted by Crippen LogP contribution is 2.20. The molecule has 0 aliphatic carbocycles. The Labute approximate surface area is 117 Å². The average Bonchev–Trinajstić information content (AvgIpc) is 2.25.